The van der Waals surface area contributed by atoms with E-state index in [1.807, 2.05) is 20.8 Å². The third-order valence-electron chi connectivity index (χ3n) is 8.97. The van der Waals surface area contributed by atoms with Gasteiger partial charge in [-0.05, 0) is 93.1 Å². The van der Waals surface area contributed by atoms with E-state index in [1.54, 1.807) is 5.57 Å². The first kappa shape index (κ1) is 24.7. The predicted octanol–water partition coefficient (Wildman–Crippen LogP) is 5.95. The Hall–Kier alpha value is -0.900. The maximum Gasteiger partial charge on any atom is 0.0837 e. The van der Waals surface area contributed by atoms with Crippen LogP contribution in [-0.2, 0) is 0 Å². The number of rotatable bonds is 6. The van der Waals surface area contributed by atoms with E-state index >= 15 is 0 Å². The first-order chi connectivity index (χ1) is 14.4. The number of fused-ring (bicyclic) bond motifs is 1. The molecule has 0 spiro atoms. The van der Waals surface area contributed by atoms with E-state index in [9.17, 15) is 15.3 Å². The molecule has 3 saturated carbocycles. The first-order valence-electron chi connectivity index (χ1n) is 12.6. The topological polar surface area (TPSA) is 60.7 Å². The molecule has 3 nitrogen and oxygen atoms in total. The van der Waals surface area contributed by atoms with Crippen molar-refractivity contribution >= 4 is 0 Å². The van der Waals surface area contributed by atoms with E-state index in [0.29, 0.717) is 23.7 Å². The molecule has 0 radical (unpaired) electrons. The van der Waals surface area contributed by atoms with Crippen molar-refractivity contribution in [2.24, 2.45) is 29.1 Å². The molecular weight excluding hydrogens is 384 g/mol. The standard InChI is InChI=1S/C28H46O3/c1-18(9-7-15-27(4,5)31)23-13-14-24-21(10-8-16-28(23,24)6)11-12-22-17-25(29)20(3)26(30)19(22)2/h11-12,18,20,23-26,29-31H,2,7-10,13-17H2,1,3-6H3/b21-11+,22-12+/t18-,20+,23?,24?,25+,26-,28?/m1/s1. The van der Waals surface area contributed by atoms with Gasteiger partial charge in [0.25, 0.3) is 0 Å². The molecule has 0 saturated heterocycles. The Balaban J connectivity index is 1.71. The highest BCUT2D eigenvalue weighted by Crippen LogP contribution is 2.60. The van der Waals surface area contributed by atoms with Crippen LogP contribution >= 0.6 is 0 Å². The van der Waals surface area contributed by atoms with Crippen LogP contribution in [0.5, 0.6) is 0 Å². The molecule has 7 atom stereocenters. The molecule has 0 aromatic rings. The molecule has 176 valence electrons. The molecule has 0 heterocycles. The van der Waals surface area contributed by atoms with Crippen LogP contribution < -0.4 is 0 Å². The van der Waals surface area contributed by atoms with Gasteiger partial charge < -0.3 is 15.3 Å². The van der Waals surface area contributed by atoms with E-state index in [-0.39, 0.29) is 5.92 Å². The second-order valence-electron chi connectivity index (χ2n) is 11.8. The van der Waals surface area contributed by atoms with Crippen LogP contribution in [0.25, 0.3) is 0 Å². The summed E-state index contributed by atoms with van der Waals surface area (Å²) in [7, 11) is 0. The zero-order chi connectivity index (χ0) is 23.0. The summed E-state index contributed by atoms with van der Waals surface area (Å²) in [6.07, 6.45) is 13.4. The van der Waals surface area contributed by atoms with Crippen molar-refractivity contribution in [1.29, 1.82) is 0 Å². The molecule has 3 rings (SSSR count). The van der Waals surface area contributed by atoms with Gasteiger partial charge >= 0.3 is 0 Å². The van der Waals surface area contributed by atoms with Gasteiger partial charge in [-0.1, -0.05) is 57.9 Å². The molecular formula is C28H46O3. The molecule has 0 aliphatic heterocycles. The summed E-state index contributed by atoms with van der Waals surface area (Å²) in [4.78, 5) is 0. The third kappa shape index (κ3) is 5.37. The molecule has 3 N–H and O–H groups in total. The van der Waals surface area contributed by atoms with Gasteiger partial charge in [0.05, 0.1) is 17.8 Å². The quantitative estimate of drug-likeness (QED) is 0.488. The number of hydrogen-bond acceptors (Lipinski definition) is 3. The number of hydrogen-bond donors (Lipinski definition) is 3. The summed E-state index contributed by atoms with van der Waals surface area (Å²) in [5, 5.41) is 30.7. The van der Waals surface area contributed by atoms with Crippen molar-refractivity contribution in [3.63, 3.8) is 0 Å². The molecule has 0 aromatic carbocycles. The molecule has 0 amide bonds. The summed E-state index contributed by atoms with van der Waals surface area (Å²) >= 11 is 0. The lowest BCUT2D eigenvalue weighted by molar-refractivity contribution is 0.0283. The molecule has 3 heteroatoms. The van der Waals surface area contributed by atoms with E-state index in [2.05, 4.69) is 32.6 Å². The fraction of sp³-hybridized carbons (Fsp3) is 0.786. The van der Waals surface area contributed by atoms with Crippen molar-refractivity contribution in [2.75, 3.05) is 0 Å². The smallest absolute Gasteiger partial charge is 0.0837 e. The Kier molecular flexibility index (Phi) is 7.61. The second-order valence-corrected chi connectivity index (χ2v) is 11.8. The van der Waals surface area contributed by atoms with Crippen LogP contribution in [-0.4, -0.2) is 33.1 Å². The molecule has 0 aromatic heterocycles. The van der Waals surface area contributed by atoms with Crippen molar-refractivity contribution < 1.29 is 15.3 Å². The van der Waals surface area contributed by atoms with Crippen LogP contribution in [0.15, 0.2) is 35.5 Å². The molecule has 31 heavy (non-hydrogen) atoms. The summed E-state index contributed by atoms with van der Waals surface area (Å²) in [5.74, 6) is 1.94. The van der Waals surface area contributed by atoms with Gasteiger partial charge in [-0.15, -0.1) is 0 Å². The monoisotopic (exact) mass is 430 g/mol. The molecule has 0 bridgehead atoms. The van der Waals surface area contributed by atoms with Crippen LogP contribution in [0.4, 0.5) is 0 Å². The number of aliphatic hydroxyl groups is 3. The lowest BCUT2D eigenvalue weighted by Crippen LogP contribution is -2.36. The number of aliphatic hydroxyl groups excluding tert-OH is 2. The van der Waals surface area contributed by atoms with Gasteiger partial charge in [0.2, 0.25) is 0 Å². The van der Waals surface area contributed by atoms with Crippen molar-refractivity contribution in [3.8, 4) is 0 Å². The normalized spacial score (nSPS) is 40.4. The summed E-state index contributed by atoms with van der Waals surface area (Å²) in [6.45, 7) is 14.8. The zero-order valence-electron chi connectivity index (χ0n) is 20.5. The molecule has 3 fully saturated rings. The third-order valence-corrected chi connectivity index (χ3v) is 8.97. The highest BCUT2D eigenvalue weighted by atomic mass is 16.3. The second kappa shape index (κ2) is 9.53. The van der Waals surface area contributed by atoms with Crippen LogP contribution in [0.1, 0.15) is 92.4 Å². The fourth-order valence-corrected chi connectivity index (χ4v) is 6.91. The van der Waals surface area contributed by atoms with Crippen molar-refractivity contribution in [2.45, 2.75) is 110 Å². The summed E-state index contributed by atoms with van der Waals surface area (Å²) in [5.41, 5.74) is 3.15. The average molecular weight is 431 g/mol. The van der Waals surface area contributed by atoms with Crippen LogP contribution in [0.2, 0.25) is 0 Å². The molecule has 3 aliphatic carbocycles. The Morgan fingerprint density at radius 3 is 2.61 bits per heavy atom. The Labute approximate surface area is 190 Å². The largest absolute Gasteiger partial charge is 0.392 e. The minimum absolute atomic E-state index is 0.149. The minimum atomic E-state index is -0.648. The van der Waals surface area contributed by atoms with E-state index in [1.165, 1.54) is 32.1 Å². The van der Waals surface area contributed by atoms with E-state index < -0.39 is 17.8 Å². The van der Waals surface area contributed by atoms with E-state index in [0.717, 1.165) is 36.3 Å². The van der Waals surface area contributed by atoms with Gasteiger partial charge in [-0.2, -0.15) is 0 Å². The maximum absolute atomic E-state index is 10.4. The lowest BCUT2D eigenvalue weighted by atomic mass is 9.60. The van der Waals surface area contributed by atoms with Crippen molar-refractivity contribution in [1.82, 2.24) is 0 Å². The first-order valence-corrected chi connectivity index (χ1v) is 12.6. The lowest BCUT2D eigenvalue weighted by Gasteiger charge is -2.44. The van der Waals surface area contributed by atoms with Gasteiger partial charge in [0, 0.05) is 5.92 Å². The minimum Gasteiger partial charge on any atom is -0.392 e. The summed E-state index contributed by atoms with van der Waals surface area (Å²) in [6, 6.07) is 0. The Morgan fingerprint density at radius 2 is 1.94 bits per heavy atom. The maximum atomic E-state index is 10.4. The average Bonchev–Trinajstić information content (AvgIpc) is 3.04. The van der Waals surface area contributed by atoms with Crippen LogP contribution in [0, 0.1) is 29.1 Å². The van der Waals surface area contributed by atoms with Crippen LogP contribution in [0.3, 0.4) is 0 Å². The van der Waals surface area contributed by atoms with Gasteiger partial charge in [0.1, 0.15) is 0 Å². The van der Waals surface area contributed by atoms with Crippen molar-refractivity contribution in [3.05, 3.63) is 35.5 Å². The predicted molar refractivity (Wildman–Crippen MR) is 129 cm³/mol. The SMILES string of the molecule is C=C1/C(=C/C=C2\CCCC3(C)C2CCC3[C@H](C)CCCC(C)(C)O)C[C@H](O)[C@H](C)[C@@H]1O. The van der Waals surface area contributed by atoms with Gasteiger partial charge in [0.15, 0.2) is 0 Å². The van der Waals surface area contributed by atoms with Gasteiger partial charge in [-0.3, -0.25) is 0 Å². The highest BCUT2D eigenvalue weighted by molar-refractivity contribution is 5.39. The Bertz CT molecular complexity index is 712. The zero-order valence-corrected chi connectivity index (χ0v) is 20.5. The molecule has 3 unspecified atom stereocenters. The highest BCUT2D eigenvalue weighted by Gasteiger charge is 2.50. The number of allylic oxidation sites excluding steroid dienone is 3. The van der Waals surface area contributed by atoms with E-state index in [4.69, 9.17) is 0 Å². The summed E-state index contributed by atoms with van der Waals surface area (Å²) < 4.78 is 0. The fourth-order valence-electron chi connectivity index (χ4n) is 6.91. The van der Waals surface area contributed by atoms with Gasteiger partial charge in [-0.25, -0.2) is 0 Å². The molecule has 3 aliphatic rings. The Morgan fingerprint density at radius 1 is 1.23 bits per heavy atom.